The number of hydrogen-bond acceptors (Lipinski definition) is 5. The summed E-state index contributed by atoms with van der Waals surface area (Å²) < 4.78 is 40.4. The molecule has 11 heteroatoms. The molecule has 1 saturated heterocycles. The normalized spacial score (nSPS) is 15.6. The van der Waals surface area contributed by atoms with Crippen molar-refractivity contribution < 1.29 is 27.5 Å². The number of carbonyl (C=O) groups is 2. The van der Waals surface area contributed by atoms with Crippen LogP contribution in [0.15, 0.2) is 58.6 Å². The van der Waals surface area contributed by atoms with Gasteiger partial charge in [0.15, 0.2) is 0 Å². The summed E-state index contributed by atoms with van der Waals surface area (Å²) in [7, 11) is 0. The first-order valence-electron chi connectivity index (χ1n) is 8.00. The molecular weight excluding hydrogens is 409 g/mol. The number of nitrogens with zero attached hydrogens (tertiary/aromatic N) is 4. The summed E-state index contributed by atoms with van der Waals surface area (Å²) in [4.78, 5) is 28.6. The summed E-state index contributed by atoms with van der Waals surface area (Å²) >= 11 is 0.748. The maximum absolute atomic E-state index is 12.6. The maximum atomic E-state index is 12.6. The predicted molar refractivity (Wildman–Crippen MR) is 99.9 cm³/mol. The molecule has 0 bridgehead atoms. The highest BCUT2D eigenvalue weighted by Gasteiger charge is 2.35. The molecule has 0 unspecified atom stereocenters. The van der Waals surface area contributed by atoms with Crippen LogP contribution in [0.5, 0.6) is 5.75 Å². The van der Waals surface area contributed by atoms with Crippen molar-refractivity contribution in [1.82, 2.24) is 4.90 Å². The number of ether oxygens (including phenoxy) is 1. The van der Waals surface area contributed by atoms with Crippen LogP contribution in [0, 0.1) is 0 Å². The largest absolute Gasteiger partial charge is 0.573 e. The highest BCUT2D eigenvalue weighted by Crippen LogP contribution is 2.34. The van der Waals surface area contributed by atoms with Gasteiger partial charge in [0.1, 0.15) is 5.75 Å². The van der Waals surface area contributed by atoms with Crippen molar-refractivity contribution in [3.8, 4) is 5.75 Å². The van der Waals surface area contributed by atoms with Gasteiger partial charge in [0.25, 0.3) is 11.1 Å². The lowest BCUT2D eigenvalue weighted by Crippen LogP contribution is -2.27. The van der Waals surface area contributed by atoms with Crippen LogP contribution in [0.3, 0.4) is 0 Å². The molecule has 0 atom stereocenters. The molecule has 2 amide bonds. The van der Waals surface area contributed by atoms with E-state index in [1.54, 1.807) is 24.3 Å². The van der Waals surface area contributed by atoms with Crippen LogP contribution in [-0.2, 0) is 11.3 Å². The monoisotopic (exact) mass is 420 g/mol. The minimum Gasteiger partial charge on any atom is -0.406 e. The number of azide groups is 1. The molecule has 0 radical (unpaired) electrons. The second kappa shape index (κ2) is 8.29. The average Bonchev–Trinajstić information content (AvgIpc) is 2.90. The number of alkyl halides is 3. The summed E-state index contributed by atoms with van der Waals surface area (Å²) in [5.41, 5.74) is 9.90. The van der Waals surface area contributed by atoms with Crippen molar-refractivity contribution in [2.45, 2.75) is 12.9 Å². The standard InChI is InChI=1S/C18H11F3N4O3S/c19-18(20,21)28-14-6-4-11(5-7-14)10-25-16(26)15(29-17(25)27)9-12-2-1-3-13(8-12)23-24-22/h1-9H,10H2/b15-9-. The van der Waals surface area contributed by atoms with Gasteiger partial charge in [0, 0.05) is 10.6 Å². The number of benzene rings is 2. The maximum Gasteiger partial charge on any atom is 0.573 e. The molecule has 2 aromatic carbocycles. The molecule has 1 fully saturated rings. The van der Waals surface area contributed by atoms with E-state index < -0.39 is 23.3 Å². The molecule has 7 nitrogen and oxygen atoms in total. The first kappa shape index (κ1) is 20.3. The summed E-state index contributed by atoms with van der Waals surface area (Å²) in [6.45, 7) is -0.0902. The lowest BCUT2D eigenvalue weighted by Gasteiger charge is -2.13. The topological polar surface area (TPSA) is 95.4 Å². The van der Waals surface area contributed by atoms with Crippen molar-refractivity contribution in [2.75, 3.05) is 0 Å². The van der Waals surface area contributed by atoms with E-state index in [2.05, 4.69) is 14.8 Å². The Kier molecular flexibility index (Phi) is 5.81. The predicted octanol–water partition coefficient (Wildman–Crippen LogP) is 5.76. The quantitative estimate of drug-likeness (QED) is 0.266. The average molecular weight is 420 g/mol. The van der Waals surface area contributed by atoms with Crippen molar-refractivity contribution in [1.29, 1.82) is 0 Å². The molecule has 0 aromatic heterocycles. The van der Waals surface area contributed by atoms with Crippen LogP contribution >= 0.6 is 11.8 Å². The Balaban J connectivity index is 1.74. The number of thioether (sulfide) groups is 1. The van der Waals surface area contributed by atoms with E-state index in [9.17, 15) is 22.8 Å². The smallest absolute Gasteiger partial charge is 0.406 e. The van der Waals surface area contributed by atoms with E-state index in [4.69, 9.17) is 5.53 Å². The summed E-state index contributed by atoms with van der Waals surface area (Å²) in [5.74, 6) is -0.917. The van der Waals surface area contributed by atoms with Crippen LogP contribution in [0.1, 0.15) is 11.1 Å². The van der Waals surface area contributed by atoms with Crippen LogP contribution < -0.4 is 4.74 Å². The second-order valence-corrected chi connectivity index (χ2v) is 6.74. The van der Waals surface area contributed by atoms with Gasteiger partial charge in [0.05, 0.1) is 11.4 Å². The zero-order valence-corrected chi connectivity index (χ0v) is 15.3. The number of imide groups is 1. The highest BCUT2D eigenvalue weighted by molar-refractivity contribution is 8.18. The van der Waals surface area contributed by atoms with Crippen molar-refractivity contribution in [2.24, 2.45) is 5.11 Å². The molecule has 1 heterocycles. The Morgan fingerprint density at radius 2 is 1.90 bits per heavy atom. The molecule has 1 aliphatic rings. The van der Waals surface area contributed by atoms with Crippen molar-refractivity contribution in [3.63, 3.8) is 0 Å². The Hall–Kier alpha value is -3.43. The van der Waals surface area contributed by atoms with E-state index >= 15 is 0 Å². The van der Waals surface area contributed by atoms with Gasteiger partial charge in [-0.25, -0.2) is 0 Å². The van der Waals surface area contributed by atoms with Gasteiger partial charge in [-0.2, -0.15) is 0 Å². The van der Waals surface area contributed by atoms with Gasteiger partial charge in [-0.1, -0.05) is 35.4 Å². The third-order valence-electron chi connectivity index (χ3n) is 3.70. The third kappa shape index (κ3) is 5.31. The van der Waals surface area contributed by atoms with Crippen molar-refractivity contribution >= 4 is 34.7 Å². The Bertz CT molecular complexity index is 1030. The fraction of sp³-hybridized carbons (Fsp3) is 0.111. The van der Waals surface area contributed by atoms with E-state index in [1.807, 2.05) is 0 Å². The number of amides is 2. The van der Waals surface area contributed by atoms with E-state index in [-0.39, 0.29) is 11.4 Å². The SMILES string of the molecule is [N-]=[N+]=Nc1cccc(/C=C2\SC(=O)N(Cc3ccc(OC(F)(F)F)cc3)C2=O)c1. The van der Waals surface area contributed by atoms with Gasteiger partial charge in [-0.15, -0.1) is 13.2 Å². The minimum absolute atomic E-state index is 0.0902. The number of hydrogen-bond donors (Lipinski definition) is 0. The fourth-order valence-corrected chi connectivity index (χ4v) is 3.33. The molecule has 2 aromatic rings. The first-order chi connectivity index (χ1) is 13.7. The third-order valence-corrected chi connectivity index (χ3v) is 4.61. The zero-order valence-electron chi connectivity index (χ0n) is 14.5. The molecule has 0 N–H and O–H groups in total. The van der Waals surface area contributed by atoms with Gasteiger partial charge in [0.2, 0.25) is 0 Å². The first-order valence-corrected chi connectivity index (χ1v) is 8.82. The van der Waals surface area contributed by atoms with Gasteiger partial charge in [-0.05, 0) is 52.7 Å². The molecule has 0 spiro atoms. The molecule has 29 heavy (non-hydrogen) atoms. The van der Waals surface area contributed by atoms with E-state index in [1.165, 1.54) is 18.2 Å². The molecule has 1 aliphatic heterocycles. The van der Waals surface area contributed by atoms with Gasteiger partial charge in [-0.3, -0.25) is 14.5 Å². The van der Waals surface area contributed by atoms with Crippen LogP contribution in [-0.4, -0.2) is 22.4 Å². The summed E-state index contributed by atoms with van der Waals surface area (Å²) in [6, 6.07) is 11.4. The Morgan fingerprint density at radius 1 is 1.17 bits per heavy atom. The van der Waals surface area contributed by atoms with Crippen LogP contribution in [0.25, 0.3) is 16.5 Å². The highest BCUT2D eigenvalue weighted by atomic mass is 32.2. The second-order valence-electron chi connectivity index (χ2n) is 5.74. The van der Waals surface area contributed by atoms with Crippen LogP contribution in [0.4, 0.5) is 23.7 Å². The fourth-order valence-electron chi connectivity index (χ4n) is 2.50. The molecule has 0 aliphatic carbocycles. The number of carbonyl (C=O) groups excluding carboxylic acids is 2. The Labute approximate surface area is 166 Å². The Morgan fingerprint density at radius 3 is 2.55 bits per heavy atom. The summed E-state index contributed by atoms with van der Waals surface area (Å²) in [6.07, 6.45) is -3.30. The number of halogens is 3. The molecule has 0 saturated carbocycles. The number of rotatable bonds is 5. The summed E-state index contributed by atoms with van der Waals surface area (Å²) in [5, 5.41) is 2.98. The van der Waals surface area contributed by atoms with Crippen molar-refractivity contribution in [3.05, 3.63) is 75.0 Å². The van der Waals surface area contributed by atoms with E-state index in [0.717, 1.165) is 28.8 Å². The van der Waals surface area contributed by atoms with Gasteiger partial charge >= 0.3 is 6.36 Å². The lowest BCUT2D eigenvalue weighted by atomic mass is 10.2. The molecule has 3 rings (SSSR count). The van der Waals surface area contributed by atoms with Crippen LogP contribution in [0.2, 0.25) is 0 Å². The zero-order chi connectivity index (χ0) is 21.0. The molecular formula is C18H11F3N4O3S. The van der Waals surface area contributed by atoms with Gasteiger partial charge < -0.3 is 4.74 Å². The molecule has 148 valence electrons. The lowest BCUT2D eigenvalue weighted by molar-refractivity contribution is -0.274. The minimum atomic E-state index is -4.80. The van der Waals surface area contributed by atoms with E-state index in [0.29, 0.717) is 16.8 Å².